The van der Waals surface area contributed by atoms with Crippen LogP contribution < -0.4 is 11.5 Å². The normalized spacial score (nSPS) is 12.8. The molecular weight excluding hydrogens is 340 g/mol. The summed E-state index contributed by atoms with van der Waals surface area (Å²) in [4.78, 5) is 33.0. The molecule has 0 saturated carbocycles. The minimum atomic E-state index is -0.906. The number of primary amides is 2. The zero-order valence-corrected chi connectivity index (χ0v) is 14.5. The SMILES string of the molecule is C=C(C)C(=O)OC(CCl)CC(CCCCCOC(N)=O)OC(N)=O. The molecule has 2 atom stereocenters. The van der Waals surface area contributed by atoms with E-state index in [1.807, 2.05) is 0 Å². The van der Waals surface area contributed by atoms with Crippen molar-refractivity contribution in [2.75, 3.05) is 12.5 Å². The van der Waals surface area contributed by atoms with E-state index in [0.29, 0.717) is 19.3 Å². The summed E-state index contributed by atoms with van der Waals surface area (Å²) in [5.74, 6) is -0.494. The Morgan fingerprint density at radius 3 is 2.21 bits per heavy atom. The first kappa shape index (κ1) is 22.0. The molecule has 0 aliphatic heterocycles. The van der Waals surface area contributed by atoms with Gasteiger partial charge in [-0.3, -0.25) is 0 Å². The lowest BCUT2D eigenvalue weighted by Gasteiger charge is -2.22. The van der Waals surface area contributed by atoms with E-state index in [-0.39, 0.29) is 24.5 Å². The summed E-state index contributed by atoms with van der Waals surface area (Å²) in [5, 5.41) is 0. The number of alkyl halides is 1. The summed E-state index contributed by atoms with van der Waals surface area (Å²) in [5.41, 5.74) is 10.2. The van der Waals surface area contributed by atoms with E-state index >= 15 is 0 Å². The van der Waals surface area contributed by atoms with Crippen LogP contribution in [0, 0.1) is 0 Å². The summed E-state index contributed by atoms with van der Waals surface area (Å²) in [7, 11) is 0. The number of esters is 1. The Hall–Kier alpha value is -1.96. The molecule has 0 radical (unpaired) electrons. The van der Waals surface area contributed by atoms with Gasteiger partial charge in [-0.15, -0.1) is 11.6 Å². The van der Waals surface area contributed by atoms with Crippen LogP contribution in [0.5, 0.6) is 0 Å². The third-order valence-electron chi connectivity index (χ3n) is 3.02. The minimum Gasteiger partial charge on any atom is -0.458 e. The molecule has 2 amide bonds. The van der Waals surface area contributed by atoms with Crippen molar-refractivity contribution in [3.05, 3.63) is 12.2 Å². The van der Waals surface area contributed by atoms with Crippen LogP contribution in [-0.4, -0.2) is 42.9 Å². The van der Waals surface area contributed by atoms with E-state index < -0.39 is 30.4 Å². The summed E-state index contributed by atoms with van der Waals surface area (Å²) in [6.45, 7) is 5.25. The van der Waals surface area contributed by atoms with Gasteiger partial charge in [0, 0.05) is 12.0 Å². The van der Waals surface area contributed by atoms with Gasteiger partial charge < -0.3 is 25.7 Å². The van der Waals surface area contributed by atoms with Gasteiger partial charge in [0.2, 0.25) is 0 Å². The van der Waals surface area contributed by atoms with Crippen LogP contribution >= 0.6 is 11.6 Å². The predicted octanol–water partition coefficient (Wildman–Crippen LogP) is 2.22. The molecule has 0 aromatic rings. The van der Waals surface area contributed by atoms with Gasteiger partial charge in [0.15, 0.2) is 0 Å². The zero-order chi connectivity index (χ0) is 18.5. The smallest absolute Gasteiger partial charge is 0.404 e. The summed E-state index contributed by atoms with van der Waals surface area (Å²) in [6.07, 6.45) is -0.0335. The second-order valence-corrected chi connectivity index (χ2v) is 5.58. The van der Waals surface area contributed by atoms with Gasteiger partial charge in [0.05, 0.1) is 12.5 Å². The highest BCUT2D eigenvalue weighted by Gasteiger charge is 2.22. The number of carbonyl (C=O) groups excluding carboxylic acids is 3. The number of halogens is 1. The number of hydrogen-bond donors (Lipinski definition) is 2. The lowest BCUT2D eigenvalue weighted by Crippen LogP contribution is -2.30. The van der Waals surface area contributed by atoms with E-state index in [0.717, 1.165) is 6.42 Å². The summed E-state index contributed by atoms with van der Waals surface area (Å²) < 4.78 is 14.8. The number of rotatable bonds is 12. The van der Waals surface area contributed by atoms with Crippen molar-refractivity contribution in [3.63, 3.8) is 0 Å². The van der Waals surface area contributed by atoms with Crippen molar-refractivity contribution in [2.24, 2.45) is 11.5 Å². The molecule has 0 fully saturated rings. The molecule has 4 N–H and O–H groups in total. The molecule has 0 aliphatic carbocycles. The zero-order valence-electron chi connectivity index (χ0n) is 13.8. The summed E-state index contributed by atoms with van der Waals surface area (Å²) in [6, 6.07) is 0. The van der Waals surface area contributed by atoms with Crippen molar-refractivity contribution in [1.82, 2.24) is 0 Å². The highest BCUT2D eigenvalue weighted by Crippen LogP contribution is 2.16. The number of amides is 2. The third-order valence-corrected chi connectivity index (χ3v) is 3.36. The van der Waals surface area contributed by atoms with E-state index in [2.05, 4.69) is 11.3 Å². The van der Waals surface area contributed by atoms with Crippen LogP contribution in [0.2, 0.25) is 0 Å². The Labute approximate surface area is 146 Å². The molecular formula is C15H25ClN2O6. The first-order chi connectivity index (χ1) is 11.3. The van der Waals surface area contributed by atoms with Gasteiger partial charge in [0.1, 0.15) is 12.2 Å². The van der Waals surface area contributed by atoms with Gasteiger partial charge in [0.25, 0.3) is 0 Å². The highest BCUT2D eigenvalue weighted by molar-refractivity contribution is 6.18. The lowest BCUT2D eigenvalue weighted by molar-refractivity contribution is -0.144. The first-order valence-electron chi connectivity index (χ1n) is 7.57. The molecule has 0 heterocycles. The van der Waals surface area contributed by atoms with Crippen molar-refractivity contribution in [3.8, 4) is 0 Å². The molecule has 0 spiro atoms. The summed E-state index contributed by atoms with van der Waals surface area (Å²) >= 11 is 5.79. The maximum atomic E-state index is 11.5. The molecule has 8 nitrogen and oxygen atoms in total. The fourth-order valence-corrected chi connectivity index (χ4v) is 2.09. The Kier molecular flexibility index (Phi) is 11.4. The number of ether oxygens (including phenoxy) is 3. The van der Waals surface area contributed by atoms with E-state index in [9.17, 15) is 14.4 Å². The van der Waals surface area contributed by atoms with Crippen LogP contribution in [0.15, 0.2) is 12.2 Å². The first-order valence-corrected chi connectivity index (χ1v) is 8.10. The molecule has 9 heteroatoms. The average molecular weight is 365 g/mol. The quantitative estimate of drug-likeness (QED) is 0.179. The average Bonchev–Trinajstić information content (AvgIpc) is 2.48. The topological polar surface area (TPSA) is 131 Å². The monoisotopic (exact) mass is 364 g/mol. The second kappa shape index (κ2) is 12.5. The number of unbranched alkanes of at least 4 members (excludes halogenated alkanes) is 2. The molecule has 0 saturated heterocycles. The van der Waals surface area contributed by atoms with Gasteiger partial charge in [-0.1, -0.05) is 6.58 Å². The van der Waals surface area contributed by atoms with Gasteiger partial charge in [-0.25, -0.2) is 14.4 Å². The number of carbonyl (C=O) groups is 3. The van der Waals surface area contributed by atoms with Crippen molar-refractivity contribution < 1.29 is 28.6 Å². The maximum absolute atomic E-state index is 11.5. The number of hydrogen-bond acceptors (Lipinski definition) is 6. The second-order valence-electron chi connectivity index (χ2n) is 5.27. The fourth-order valence-electron chi connectivity index (χ4n) is 1.90. The molecule has 138 valence electrons. The van der Waals surface area contributed by atoms with E-state index in [4.69, 9.17) is 32.5 Å². The van der Waals surface area contributed by atoms with Crippen LogP contribution in [0.1, 0.15) is 39.0 Å². The van der Waals surface area contributed by atoms with E-state index in [1.165, 1.54) is 6.92 Å². The Balaban J connectivity index is 4.32. The predicted molar refractivity (Wildman–Crippen MR) is 88.5 cm³/mol. The van der Waals surface area contributed by atoms with Crippen LogP contribution in [0.3, 0.4) is 0 Å². The Bertz CT molecular complexity index is 444. The van der Waals surface area contributed by atoms with E-state index in [1.54, 1.807) is 0 Å². The van der Waals surface area contributed by atoms with Crippen molar-refractivity contribution >= 4 is 29.8 Å². The standard InChI is InChI=1S/C15H25ClN2O6/c1-10(2)13(19)23-12(9-16)8-11(24-15(18)21)6-4-3-5-7-22-14(17)20/h11-12H,1,3-9H2,2H3,(H2,17,20)(H2,18,21). The highest BCUT2D eigenvalue weighted by atomic mass is 35.5. The molecule has 0 rings (SSSR count). The van der Waals surface area contributed by atoms with Crippen molar-refractivity contribution in [1.29, 1.82) is 0 Å². The Morgan fingerprint density at radius 2 is 1.71 bits per heavy atom. The fraction of sp³-hybridized carbons (Fsp3) is 0.667. The van der Waals surface area contributed by atoms with Crippen LogP contribution in [0.25, 0.3) is 0 Å². The van der Waals surface area contributed by atoms with Gasteiger partial charge in [-0.2, -0.15) is 0 Å². The lowest BCUT2D eigenvalue weighted by atomic mass is 10.1. The molecule has 0 aromatic carbocycles. The van der Waals surface area contributed by atoms with Crippen LogP contribution in [0.4, 0.5) is 9.59 Å². The molecule has 2 unspecified atom stereocenters. The largest absolute Gasteiger partial charge is 0.458 e. The number of nitrogens with two attached hydrogens (primary N) is 2. The van der Waals surface area contributed by atoms with Crippen molar-refractivity contribution in [2.45, 2.75) is 51.2 Å². The molecule has 24 heavy (non-hydrogen) atoms. The van der Waals surface area contributed by atoms with Gasteiger partial charge in [-0.05, 0) is 32.6 Å². The molecule has 0 aromatic heterocycles. The maximum Gasteiger partial charge on any atom is 0.404 e. The molecule has 0 bridgehead atoms. The molecule has 0 aliphatic rings. The van der Waals surface area contributed by atoms with Gasteiger partial charge >= 0.3 is 18.2 Å². The Morgan fingerprint density at radius 1 is 1.04 bits per heavy atom. The minimum absolute atomic E-state index is 0.0596. The third kappa shape index (κ3) is 11.6. The van der Waals surface area contributed by atoms with Crippen LogP contribution in [-0.2, 0) is 19.0 Å².